The number of imidazole rings is 1. The van der Waals surface area contributed by atoms with Crippen LogP contribution in [0.25, 0.3) is 11.3 Å². The SMILES string of the molecule is Nc1ccc(-c2cncn2C2CCN3CCCC3C2)cn1. The van der Waals surface area contributed by atoms with Crippen LogP contribution in [0.2, 0.25) is 0 Å². The fourth-order valence-corrected chi connectivity index (χ4v) is 3.83. The molecule has 4 heterocycles. The van der Waals surface area contributed by atoms with Gasteiger partial charge in [-0.15, -0.1) is 0 Å². The zero-order chi connectivity index (χ0) is 14.2. The lowest BCUT2D eigenvalue weighted by atomic mass is 9.97. The van der Waals surface area contributed by atoms with Crippen LogP contribution in [0, 0.1) is 0 Å². The predicted octanol–water partition coefficient (Wildman–Crippen LogP) is 2.33. The number of nitrogen functional groups attached to an aromatic ring is 1. The number of pyridine rings is 1. The molecule has 110 valence electrons. The van der Waals surface area contributed by atoms with Gasteiger partial charge in [0.1, 0.15) is 5.82 Å². The highest BCUT2D eigenvalue weighted by molar-refractivity contribution is 5.59. The van der Waals surface area contributed by atoms with Crippen LogP contribution in [0.4, 0.5) is 5.82 Å². The second-order valence-electron chi connectivity index (χ2n) is 6.17. The summed E-state index contributed by atoms with van der Waals surface area (Å²) in [6.07, 6.45) is 10.9. The molecule has 0 aromatic carbocycles. The van der Waals surface area contributed by atoms with Crippen LogP contribution in [0.15, 0.2) is 30.9 Å². The molecule has 0 aliphatic carbocycles. The van der Waals surface area contributed by atoms with Crippen molar-refractivity contribution >= 4 is 5.82 Å². The Balaban J connectivity index is 1.61. The van der Waals surface area contributed by atoms with Crippen molar-refractivity contribution in [1.29, 1.82) is 0 Å². The zero-order valence-electron chi connectivity index (χ0n) is 12.2. The van der Waals surface area contributed by atoms with Gasteiger partial charge in [-0.25, -0.2) is 9.97 Å². The predicted molar refractivity (Wildman–Crippen MR) is 82.7 cm³/mol. The number of anilines is 1. The molecule has 2 fully saturated rings. The van der Waals surface area contributed by atoms with E-state index < -0.39 is 0 Å². The lowest BCUT2D eigenvalue weighted by molar-refractivity contribution is 0.156. The summed E-state index contributed by atoms with van der Waals surface area (Å²) in [7, 11) is 0. The number of hydrogen-bond acceptors (Lipinski definition) is 4. The Morgan fingerprint density at radius 1 is 1.10 bits per heavy atom. The first-order valence-electron chi connectivity index (χ1n) is 7.79. The number of nitrogens with zero attached hydrogens (tertiary/aromatic N) is 4. The van der Waals surface area contributed by atoms with Crippen molar-refractivity contribution in [2.45, 2.75) is 37.8 Å². The third-order valence-corrected chi connectivity index (χ3v) is 4.93. The van der Waals surface area contributed by atoms with Gasteiger partial charge in [0.25, 0.3) is 0 Å². The standard InChI is InChI=1S/C16H21N5/c17-16-4-3-12(9-19-16)15-10-18-11-21(15)14-5-7-20-6-1-2-13(20)8-14/h3-4,9-11,13-14H,1-2,5-8H2,(H2,17,19). The minimum absolute atomic E-state index is 0.555. The van der Waals surface area contributed by atoms with Gasteiger partial charge in [0.15, 0.2) is 0 Å². The highest BCUT2D eigenvalue weighted by atomic mass is 15.2. The Kier molecular flexibility index (Phi) is 3.15. The van der Waals surface area contributed by atoms with E-state index in [0.29, 0.717) is 11.9 Å². The van der Waals surface area contributed by atoms with Crippen LogP contribution in [0.1, 0.15) is 31.7 Å². The molecule has 4 rings (SSSR count). The first-order chi connectivity index (χ1) is 10.3. The molecule has 0 radical (unpaired) electrons. The van der Waals surface area contributed by atoms with Crippen molar-refractivity contribution in [2.24, 2.45) is 0 Å². The Morgan fingerprint density at radius 3 is 2.90 bits per heavy atom. The molecule has 2 aromatic rings. The van der Waals surface area contributed by atoms with E-state index in [9.17, 15) is 0 Å². The maximum absolute atomic E-state index is 5.68. The highest BCUT2D eigenvalue weighted by Gasteiger charge is 2.32. The summed E-state index contributed by atoms with van der Waals surface area (Å²) < 4.78 is 2.34. The molecule has 2 aliphatic heterocycles. The fraction of sp³-hybridized carbons (Fsp3) is 0.500. The summed E-state index contributed by atoms with van der Waals surface area (Å²) in [5.74, 6) is 0.559. The maximum atomic E-state index is 5.68. The van der Waals surface area contributed by atoms with Gasteiger partial charge in [-0.1, -0.05) is 0 Å². The minimum Gasteiger partial charge on any atom is -0.384 e. The zero-order valence-corrected chi connectivity index (χ0v) is 12.2. The van der Waals surface area contributed by atoms with Gasteiger partial charge in [-0.05, 0) is 44.4 Å². The van der Waals surface area contributed by atoms with Gasteiger partial charge < -0.3 is 15.2 Å². The third-order valence-electron chi connectivity index (χ3n) is 4.93. The smallest absolute Gasteiger partial charge is 0.123 e. The number of aromatic nitrogens is 3. The van der Waals surface area contributed by atoms with Crippen LogP contribution in [-0.2, 0) is 0 Å². The molecular weight excluding hydrogens is 262 g/mol. The molecule has 5 heteroatoms. The van der Waals surface area contributed by atoms with E-state index in [2.05, 4.69) is 19.4 Å². The van der Waals surface area contributed by atoms with E-state index in [0.717, 1.165) is 17.3 Å². The second kappa shape index (κ2) is 5.15. The molecule has 0 spiro atoms. The molecule has 0 amide bonds. The van der Waals surface area contributed by atoms with E-state index >= 15 is 0 Å². The molecular formula is C16H21N5. The van der Waals surface area contributed by atoms with Gasteiger partial charge in [-0.3, -0.25) is 0 Å². The monoisotopic (exact) mass is 283 g/mol. The van der Waals surface area contributed by atoms with E-state index in [-0.39, 0.29) is 0 Å². The molecule has 21 heavy (non-hydrogen) atoms. The van der Waals surface area contributed by atoms with Gasteiger partial charge in [0.05, 0.1) is 18.2 Å². The van der Waals surface area contributed by atoms with Crippen molar-refractivity contribution in [3.05, 3.63) is 30.9 Å². The topological polar surface area (TPSA) is 60.0 Å². The lowest BCUT2D eigenvalue weighted by Gasteiger charge is -2.36. The van der Waals surface area contributed by atoms with Gasteiger partial charge >= 0.3 is 0 Å². The van der Waals surface area contributed by atoms with Crippen molar-refractivity contribution in [3.8, 4) is 11.3 Å². The number of hydrogen-bond donors (Lipinski definition) is 1. The highest BCUT2D eigenvalue weighted by Crippen LogP contribution is 2.35. The summed E-state index contributed by atoms with van der Waals surface area (Å²) in [4.78, 5) is 11.2. The fourth-order valence-electron chi connectivity index (χ4n) is 3.83. The summed E-state index contributed by atoms with van der Waals surface area (Å²) in [5.41, 5.74) is 7.93. The first-order valence-corrected chi connectivity index (χ1v) is 7.79. The summed E-state index contributed by atoms with van der Waals surface area (Å²) in [6, 6.07) is 5.20. The molecule has 0 saturated carbocycles. The quantitative estimate of drug-likeness (QED) is 0.919. The molecule has 2 N–H and O–H groups in total. The van der Waals surface area contributed by atoms with Crippen LogP contribution in [0.3, 0.4) is 0 Å². The van der Waals surface area contributed by atoms with E-state index in [1.807, 2.05) is 30.9 Å². The Morgan fingerprint density at radius 2 is 2.05 bits per heavy atom. The van der Waals surface area contributed by atoms with Crippen molar-refractivity contribution in [3.63, 3.8) is 0 Å². The van der Waals surface area contributed by atoms with Gasteiger partial charge in [-0.2, -0.15) is 0 Å². The number of nitrogens with two attached hydrogens (primary N) is 1. The average molecular weight is 283 g/mol. The maximum Gasteiger partial charge on any atom is 0.123 e. The largest absolute Gasteiger partial charge is 0.384 e. The van der Waals surface area contributed by atoms with E-state index in [4.69, 9.17) is 5.73 Å². The van der Waals surface area contributed by atoms with Crippen LogP contribution in [-0.4, -0.2) is 38.6 Å². The molecule has 2 saturated heterocycles. The molecule has 2 aromatic heterocycles. The Bertz CT molecular complexity index is 618. The normalized spacial score (nSPS) is 25.9. The van der Waals surface area contributed by atoms with Crippen molar-refractivity contribution < 1.29 is 0 Å². The van der Waals surface area contributed by atoms with Crippen LogP contribution in [0.5, 0.6) is 0 Å². The lowest BCUT2D eigenvalue weighted by Crippen LogP contribution is -2.38. The van der Waals surface area contributed by atoms with Crippen LogP contribution >= 0.6 is 0 Å². The van der Waals surface area contributed by atoms with Crippen molar-refractivity contribution in [1.82, 2.24) is 19.4 Å². The molecule has 2 atom stereocenters. The first kappa shape index (κ1) is 12.8. The summed E-state index contributed by atoms with van der Waals surface area (Å²) >= 11 is 0. The van der Waals surface area contributed by atoms with E-state index in [1.54, 1.807) is 0 Å². The Hall–Kier alpha value is -1.88. The van der Waals surface area contributed by atoms with Crippen molar-refractivity contribution in [2.75, 3.05) is 18.8 Å². The summed E-state index contributed by atoms with van der Waals surface area (Å²) in [6.45, 7) is 2.50. The van der Waals surface area contributed by atoms with Crippen LogP contribution < -0.4 is 5.73 Å². The third kappa shape index (κ3) is 2.31. The number of rotatable bonds is 2. The Labute approximate surface area is 124 Å². The van der Waals surface area contributed by atoms with E-state index in [1.165, 1.54) is 38.8 Å². The molecule has 2 unspecified atom stereocenters. The van der Waals surface area contributed by atoms with Gasteiger partial charge in [0.2, 0.25) is 0 Å². The minimum atomic E-state index is 0.555. The average Bonchev–Trinajstić information content (AvgIpc) is 3.16. The van der Waals surface area contributed by atoms with Gasteiger partial charge in [0, 0.05) is 30.4 Å². The molecule has 5 nitrogen and oxygen atoms in total. The molecule has 0 bridgehead atoms. The summed E-state index contributed by atoms with van der Waals surface area (Å²) in [5, 5.41) is 0. The number of piperidine rings is 1. The molecule has 2 aliphatic rings. The number of fused-ring (bicyclic) bond motifs is 1. The second-order valence-corrected chi connectivity index (χ2v) is 6.17.